The minimum atomic E-state index is -1.10. The Kier molecular flexibility index (Phi) is 7.92. The normalized spacial score (nSPS) is 16.4. The van der Waals surface area contributed by atoms with E-state index in [2.05, 4.69) is 0 Å². The van der Waals surface area contributed by atoms with Crippen LogP contribution in [0, 0.1) is 0 Å². The summed E-state index contributed by atoms with van der Waals surface area (Å²) in [6, 6.07) is 18.9. The molecular weight excluding hydrogens is 506 g/mol. The van der Waals surface area contributed by atoms with Crippen molar-refractivity contribution in [1.29, 1.82) is 0 Å². The van der Waals surface area contributed by atoms with Gasteiger partial charge in [-0.3, -0.25) is 9.59 Å². The predicted molar refractivity (Wildman–Crippen MR) is 149 cm³/mol. The van der Waals surface area contributed by atoms with Gasteiger partial charge < -0.3 is 24.5 Å². The monoisotopic (exact) mass is 535 g/mol. The van der Waals surface area contributed by atoms with Crippen molar-refractivity contribution in [2.45, 2.75) is 32.4 Å². The maximum absolute atomic E-state index is 13.8. The van der Waals surface area contributed by atoms with Gasteiger partial charge in [-0.25, -0.2) is 4.79 Å². The number of benzene rings is 3. The number of carbonyl (C=O) groups is 3. The Morgan fingerprint density at radius 2 is 1.63 bits per heavy atom. The number of hydrogen-bond donors (Lipinski definition) is 1. The molecule has 1 aliphatic heterocycles. The third-order valence-electron chi connectivity index (χ3n) is 6.59. The summed E-state index contributed by atoms with van der Waals surface area (Å²) in [7, 11) is 3.86. The Hall–Kier alpha value is -4.04. The van der Waals surface area contributed by atoms with E-state index in [1.807, 2.05) is 38.1 Å². The Labute approximate surface area is 227 Å². The molecule has 1 aliphatic rings. The molecule has 0 spiro atoms. The molecule has 2 amide bonds. The number of rotatable bonds is 7. The molecule has 1 unspecified atom stereocenters. The van der Waals surface area contributed by atoms with Crippen LogP contribution in [0.1, 0.15) is 42.2 Å². The second kappa shape index (κ2) is 11.1. The van der Waals surface area contributed by atoms with Crippen LogP contribution in [-0.2, 0) is 9.59 Å². The van der Waals surface area contributed by atoms with Gasteiger partial charge in [0.2, 0.25) is 5.91 Å². The summed E-state index contributed by atoms with van der Waals surface area (Å²) in [6.07, 6.45) is 0.492. The van der Waals surface area contributed by atoms with Crippen molar-refractivity contribution in [1.82, 2.24) is 0 Å². The van der Waals surface area contributed by atoms with Gasteiger partial charge in [-0.2, -0.15) is 0 Å². The number of amides is 2. The van der Waals surface area contributed by atoms with Gasteiger partial charge in [0.25, 0.3) is 5.91 Å². The highest BCUT2D eigenvalue weighted by molar-refractivity contribution is 6.30. The van der Waals surface area contributed by atoms with Crippen molar-refractivity contribution in [2.24, 2.45) is 0 Å². The summed E-state index contributed by atoms with van der Waals surface area (Å²) in [5.41, 5.74) is 3.51. The van der Waals surface area contributed by atoms with E-state index in [-0.39, 0.29) is 23.9 Å². The number of ether oxygens (including phenoxy) is 1. The quantitative estimate of drug-likeness (QED) is 0.435. The van der Waals surface area contributed by atoms with Crippen molar-refractivity contribution < 1.29 is 24.2 Å². The molecule has 38 heavy (non-hydrogen) atoms. The van der Waals surface area contributed by atoms with Gasteiger partial charge in [-0.1, -0.05) is 17.7 Å². The molecule has 1 heterocycles. The van der Waals surface area contributed by atoms with Crippen LogP contribution < -0.4 is 19.4 Å². The maximum atomic E-state index is 13.8. The van der Waals surface area contributed by atoms with Gasteiger partial charge >= 0.3 is 5.97 Å². The molecule has 0 aliphatic carbocycles. The number of hydrogen-bond acceptors (Lipinski definition) is 5. The number of carboxylic acid groups (broad SMARTS) is 1. The fourth-order valence-corrected chi connectivity index (χ4v) is 4.95. The van der Waals surface area contributed by atoms with Gasteiger partial charge in [0.05, 0.1) is 11.7 Å². The van der Waals surface area contributed by atoms with Gasteiger partial charge in [0.15, 0.2) is 6.61 Å². The smallest absolute Gasteiger partial charge is 0.341 e. The zero-order valence-electron chi connectivity index (χ0n) is 21.7. The molecular formula is C29H30ClN3O5. The Bertz CT molecular complexity index is 1340. The minimum absolute atomic E-state index is 0.152. The van der Waals surface area contributed by atoms with Crippen LogP contribution in [0.5, 0.6) is 5.75 Å². The maximum Gasteiger partial charge on any atom is 0.341 e. The zero-order chi connectivity index (χ0) is 27.6. The Morgan fingerprint density at radius 3 is 2.21 bits per heavy atom. The fraction of sp³-hybridized carbons (Fsp3) is 0.276. The van der Waals surface area contributed by atoms with E-state index < -0.39 is 12.6 Å². The molecule has 0 fully saturated rings. The second-order valence-electron chi connectivity index (χ2n) is 9.49. The average Bonchev–Trinajstić information content (AvgIpc) is 2.88. The van der Waals surface area contributed by atoms with E-state index in [1.165, 1.54) is 6.92 Å². The van der Waals surface area contributed by atoms with Gasteiger partial charge in [0.1, 0.15) is 5.75 Å². The highest BCUT2D eigenvalue weighted by atomic mass is 35.5. The van der Waals surface area contributed by atoms with E-state index in [1.54, 1.807) is 64.4 Å². The van der Waals surface area contributed by atoms with E-state index in [0.717, 1.165) is 11.3 Å². The molecule has 3 aromatic rings. The van der Waals surface area contributed by atoms with Crippen LogP contribution >= 0.6 is 11.6 Å². The zero-order valence-corrected chi connectivity index (χ0v) is 22.5. The first-order valence-corrected chi connectivity index (χ1v) is 12.6. The summed E-state index contributed by atoms with van der Waals surface area (Å²) >= 11 is 6.09. The van der Waals surface area contributed by atoms with Crippen LogP contribution in [-0.4, -0.2) is 49.6 Å². The number of fused-ring (bicyclic) bond motifs is 1. The summed E-state index contributed by atoms with van der Waals surface area (Å²) < 4.78 is 5.45. The topological polar surface area (TPSA) is 90.4 Å². The predicted octanol–water partition coefficient (Wildman–Crippen LogP) is 5.40. The highest BCUT2D eigenvalue weighted by Gasteiger charge is 2.38. The third kappa shape index (κ3) is 5.60. The number of aliphatic carboxylic acids is 1. The van der Waals surface area contributed by atoms with Crippen molar-refractivity contribution in [3.05, 3.63) is 82.9 Å². The van der Waals surface area contributed by atoms with E-state index in [9.17, 15) is 14.4 Å². The first-order valence-electron chi connectivity index (χ1n) is 12.2. The number of carbonyl (C=O) groups excluding carboxylic acids is 2. The molecule has 3 aromatic carbocycles. The van der Waals surface area contributed by atoms with E-state index >= 15 is 0 Å². The van der Waals surface area contributed by atoms with Crippen molar-refractivity contribution in [3.63, 3.8) is 0 Å². The molecule has 1 N–H and O–H groups in total. The molecule has 4 rings (SSSR count). The first kappa shape index (κ1) is 27.0. The summed E-state index contributed by atoms with van der Waals surface area (Å²) in [5, 5.41) is 9.64. The lowest BCUT2D eigenvalue weighted by Gasteiger charge is -2.43. The number of anilines is 3. The van der Waals surface area contributed by atoms with E-state index in [0.29, 0.717) is 34.1 Å². The summed E-state index contributed by atoms with van der Waals surface area (Å²) in [6.45, 7) is 2.93. The van der Waals surface area contributed by atoms with Gasteiger partial charge in [-0.15, -0.1) is 0 Å². The van der Waals surface area contributed by atoms with Crippen molar-refractivity contribution in [3.8, 4) is 5.75 Å². The molecule has 2 atom stereocenters. The molecule has 0 bridgehead atoms. The van der Waals surface area contributed by atoms with E-state index in [4.69, 9.17) is 21.4 Å². The lowest BCUT2D eigenvalue weighted by molar-refractivity contribution is -0.139. The van der Waals surface area contributed by atoms with Crippen LogP contribution in [0.15, 0.2) is 66.7 Å². The standard InChI is InChI=1S/C29H30ClN3O5/c1-18-15-26(33(19(2)34)23-11-7-21(30)8-12-23)25-14-13-24(38-17-28(35)36)16-27(25)32(18)29(37)20-5-9-22(10-6-20)31(3)4/h5-14,16,18,26H,15,17H2,1-4H3,(H,35,36)/t18?,26-/m0/s1. The van der Waals surface area contributed by atoms with Crippen LogP contribution in [0.25, 0.3) is 0 Å². The largest absolute Gasteiger partial charge is 0.482 e. The SMILES string of the molecule is CC(=O)N(c1ccc(Cl)cc1)[C@H]1CC(C)N(C(=O)c2ccc(N(C)C)cc2)c2cc(OCC(=O)O)ccc21. The molecule has 0 aromatic heterocycles. The summed E-state index contributed by atoms with van der Waals surface area (Å²) in [5.74, 6) is -1.13. The van der Waals surface area contributed by atoms with Crippen molar-refractivity contribution >= 4 is 46.4 Å². The van der Waals surface area contributed by atoms with Crippen LogP contribution in [0.2, 0.25) is 5.02 Å². The Morgan fingerprint density at radius 1 is 1.00 bits per heavy atom. The van der Waals surface area contributed by atoms with Gasteiger partial charge in [-0.05, 0) is 73.5 Å². The second-order valence-corrected chi connectivity index (χ2v) is 9.92. The van der Waals surface area contributed by atoms with Crippen LogP contribution in [0.3, 0.4) is 0 Å². The lowest BCUT2D eigenvalue weighted by Crippen LogP contribution is -2.47. The molecule has 0 radical (unpaired) electrons. The molecule has 0 saturated carbocycles. The number of carboxylic acids is 1. The Balaban J connectivity index is 1.80. The summed E-state index contributed by atoms with van der Waals surface area (Å²) in [4.78, 5) is 43.2. The minimum Gasteiger partial charge on any atom is -0.482 e. The van der Waals surface area contributed by atoms with Crippen LogP contribution in [0.4, 0.5) is 17.1 Å². The molecule has 9 heteroatoms. The average molecular weight is 536 g/mol. The third-order valence-corrected chi connectivity index (χ3v) is 6.85. The first-order chi connectivity index (χ1) is 18.1. The lowest BCUT2D eigenvalue weighted by atomic mass is 9.89. The van der Waals surface area contributed by atoms with Crippen molar-refractivity contribution in [2.75, 3.05) is 35.4 Å². The molecule has 198 valence electrons. The number of halogens is 1. The number of nitrogens with zero attached hydrogens (tertiary/aromatic N) is 3. The molecule has 0 saturated heterocycles. The molecule has 8 nitrogen and oxygen atoms in total. The fourth-order valence-electron chi connectivity index (χ4n) is 4.82. The highest BCUT2D eigenvalue weighted by Crippen LogP contribution is 2.44. The van der Waals surface area contributed by atoms with Gasteiger partial charge in [0, 0.05) is 55.1 Å².